The number of hydrogen-bond acceptors (Lipinski definition) is 5. The van der Waals surface area contributed by atoms with Crippen LogP contribution in [-0.4, -0.2) is 25.4 Å². The number of ether oxygens (including phenoxy) is 1. The second kappa shape index (κ2) is 9.21. The van der Waals surface area contributed by atoms with E-state index in [1.807, 2.05) is 6.07 Å². The van der Waals surface area contributed by atoms with Crippen LogP contribution in [0.1, 0.15) is 67.0 Å². The minimum absolute atomic E-state index is 0.0689. The van der Waals surface area contributed by atoms with Gasteiger partial charge in [-0.3, -0.25) is 4.79 Å². The van der Waals surface area contributed by atoms with Crippen molar-refractivity contribution < 1.29 is 18.7 Å². The van der Waals surface area contributed by atoms with Crippen molar-refractivity contribution in [2.75, 3.05) is 19.0 Å². The highest BCUT2D eigenvalue weighted by Gasteiger charge is 2.15. The van der Waals surface area contributed by atoms with Gasteiger partial charge in [0.05, 0.1) is 19.2 Å². The first-order valence-corrected chi connectivity index (χ1v) is 9.08. The number of methoxy groups -OCH3 is 1. The Balaban J connectivity index is 1.95. The summed E-state index contributed by atoms with van der Waals surface area (Å²) >= 11 is 0. The van der Waals surface area contributed by atoms with E-state index in [1.54, 1.807) is 30.3 Å². The molecule has 0 bridgehead atoms. The number of anilines is 1. The molecule has 0 aliphatic rings. The zero-order valence-corrected chi connectivity index (χ0v) is 16.5. The second-order valence-electron chi connectivity index (χ2n) is 7.00. The molecule has 0 saturated heterocycles. The van der Waals surface area contributed by atoms with Gasteiger partial charge in [0.2, 0.25) is 0 Å². The van der Waals surface area contributed by atoms with Gasteiger partial charge in [-0.15, -0.1) is 0 Å². The molecule has 0 atom stereocenters. The third-order valence-electron chi connectivity index (χ3n) is 4.16. The average molecular weight is 369 g/mol. The fourth-order valence-electron chi connectivity index (χ4n) is 2.69. The molecule has 27 heavy (non-hydrogen) atoms. The van der Waals surface area contributed by atoms with E-state index in [9.17, 15) is 9.59 Å². The van der Waals surface area contributed by atoms with Crippen molar-refractivity contribution in [3.63, 3.8) is 0 Å². The zero-order chi connectivity index (χ0) is 20.0. The van der Waals surface area contributed by atoms with Crippen LogP contribution in [0.25, 0.3) is 6.08 Å². The number of hydrogen-bond donors (Lipinski definition) is 1. The highest BCUT2D eigenvalue weighted by atomic mass is 16.5. The summed E-state index contributed by atoms with van der Waals surface area (Å²) in [7, 11) is 1.34. The maximum absolute atomic E-state index is 12.1. The lowest BCUT2D eigenvalue weighted by molar-refractivity contribution is -0.113. The summed E-state index contributed by atoms with van der Waals surface area (Å²) in [5, 5.41) is 3.03. The predicted molar refractivity (Wildman–Crippen MR) is 107 cm³/mol. The number of carbonyl (C=O) groups excluding carboxylic acids is 2. The van der Waals surface area contributed by atoms with Crippen LogP contribution in [0, 0.1) is 0 Å². The molecule has 0 fully saturated rings. The summed E-state index contributed by atoms with van der Waals surface area (Å²) in [4.78, 5) is 23.5. The lowest BCUT2D eigenvalue weighted by atomic mass is 9.98. The van der Waals surface area contributed by atoms with Gasteiger partial charge < -0.3 is 14.5 Å². The number of esters is 1. The van der Waals surface area contributed by atoms with Gasteiger partial charge in [0.1, 0.15) is 11.5 Å². The third-order valence-corrected chi connectivity index (χ3v) is 4.16. The number of benzene rings is 1. The van der Waals surface area contributed by atoms with Crippen molar-refractivity contribution in [2.24, 2.45) is 0 Å². The molecule has 0 aliphatic heterocycles. The van der Waals surface area contributed by atoms with E-state index in [0.717, 1.165) is 11.4 Å². The highest BCUT2D eigenvalue weighted by molar-refractivity contribution is 5.96. The van der Waals surface area contributed by atoms with E-state index in [-0.39, 0.29) is 18.3 Å². The van der Waals surface area contributed by atoms with E-state index in [4.69, 9.17) is 4.42 Å². The summed E-state index contributed by atoms with van der Waals surface area (Å²) in [5.74, 6) is 1.88. The highest BCUT2D eigenvalue weighted by Crippen LogP contribution is 2.29. The van der Waals surface area contributed by atoms with E-state index < -0.39 is 0 Å². The Bertz CT molecular complexity index is 788. The quantitative estimate of drug-likeness (QED) is 0.523. The molecule has 1 aromatic heterocycles. The SMILES string of the molecule is COC(=O)c1ccc(NCC(=O)C=Cc2cc(C(C)C)c(C(C)C)o2)cc1. The van der Waals surface area contributed by atoms with Crippen molar-refractivity contribution >= 4 is 23.5 Å². The lowest BCUT2D eigenvalue weighted by Crippen LogP contribution is -2.11. The van der Waals surface area contributed by atoms with Gasteiger partial charge in [0, 0.05) is 11.6 Å². The molecule has 0 spiro atoms. The van der Waals surface area contributed by atoms with Gasteiger partial charge in [0.25, 0.3) is 0 Å². The molecule has 5 nitrogen and oxygen atoms in total. The Hall–Kier alpha value is -2.82. The number of nitrogens with one attached hydrogen (secondary N) is 1. The van der Waals surface area contributed by atoms with Gasteiger partial charge in [-0.05, 0) is 54.0 Å². The van der Waals surface area contributed by atoms with Crippen molar-refractivity contribution in [3.05, 3.63) is 59.1 Å². The maximum atomic E-state index is 12.1. The average Bonchev–Trinajstić information content (AvgIpc) is 3.09. The topological polar surface area (TPSA) is 68.5 Å². The Kier molecular flexibility index (Phi) is 6.99. The molecule has 1 heterocycles. The van der Waals surface area contributed by atoms with Crippen LogP contribution in [0.4, 0.5) is 5.69 Å². The fourth-order valence-corrected chi connectivity index (χ4v) is 2.69. The fraction of sp³-hybridized carbons (Fsp3) is 0.364. The van der Waals surface area contributed by atoms with Gasteiger partial charge in [-0.25, -0.2) is 4.79 Å². The van der Waals surface area contributed by atoms with Crippen LogP contribution in [0.2, 0.25) is 0 Å². The number of rotatable bonds is 8. The summed E-state index contributed by atoms with van der Waals surface area (Å²) in [5.41, 5.74) is 2.40. The molecule has 144 valence electrons. The Morgan fingerprint density at radius 2 is 1.78 bits per heavy atom. The molecule has 2 aromatic rings. The summed E-state index contributed by atoms with van der Waals surface area (Å²) in [6, 6.07) is 8.78. The monoisotopic (exact) mass is 369 g/mol. The van der Waals surface area contributed by atoms with Crippen LogP contribution >= 0.6 is 0 Å². The summed E-state index contributed by atoms with van der Waals surface area (Å²) in [6.45, 7) is 8.61. The standard InChI is InChI=1S/C22H27NO4/c1-14(2)20-12-19(27-21(20)15(3)4)11-10-18(24)13-23-17-8-6-16(7-9-17)22(25)26-5/h6-12,14-15,23H,13H2,1-5H3. The minimum Gasteiger partial charge on any atom is -0.465 e. The first-order chi connectivity index (χ1) is 12.8. The molecule has 0 aliphatic carbocycles. The maximum Gasteiger partial charge on any atom is 0.337 e. The van der Waals surface area contributed by atoms with Crippen molar-refractivity contribution in [1.29, 1.82) is 0 Å². The van der Waals surface area contributed by atoms with E-state index in [2.05, 4.69) is 37.7 Å². The van der Waals surface area contributed by atoms with Crippen LogP contribution in [0.15, 0.2) is 40.8 Å². The van der Waals surface area contributed by atoms with Gasteiger partial charge >= 0.3 is 5.97 Å². The smallest absolute Gasteiger partial charge is 0.337 e. The molecule has 2 rings (SSSR count). The largest absolute Gasteiger partial charge is 0.465 e. The number of ketones is 1. The Morgan fingerprint density at radius 1 is 1.11 bits per heavy atom. The predicted octanol–water partition coefficient (Wildman–Crippen LogP) is 5.01. The Labute approximate surface area is 160 Å². The van der Waals surface area contributed by atoms with E-state index >= 15 is 0 Å². The van der Waals surface area contributed by atoms with Crippen LogP contribution in [0.3, 0.4) is 0 Å². The van der Waals surface area contributed by atoms with Crippen molar-refractivity contribution in [3.8, 4) is 0 Å². The summed E-state index contributed by atoms with van der Waals surface area (Å²) < 4.78 is 10.5. The second-order valence-corrected chi connectivity index (χ2v) is 7.00. The molecule has 1 aromatic carbocycles. The lowest BCUT2D eigenvalue weighted by Gasteiger charge is -2.07. The van der Waals surface area contributed by atoms with Gasteiger partial charge in [-0.1, -0.05) is 27.7 Å². The van der Waals surface area contributed by atoms with Crippen LogP contribution < -0.4 is 5.32 Å². The van der Waals surface area contributed by atoms with Gasteiger partial charge in [-0.2, -0.15) is 0 Å². The van der Waals surface area contributed by atoms with E-state index in [0.29, 0.717) is 23.2 Å². The van der Waals surface area contributed by atoms with Crippen molar-refractivity contribution in [2.45, 2.75) is 39.5 Å². The van der Waals surface area contributed by atoms with Gasteiger partial charge in [0.15, 0.2) is 5.78 Å². The minimum atomic E-state index is -0.388. The third kappa shape index (κ3) is 5.58. The molecule has 0 amide bonds. The van der Waals surface area contributed by atoms with Crippen LogP contribution in [-0.2, 0) is 9.53 Å². The molecule has 0 radical (unpaired) electrons. The van der Waals surface area contributed by atoms with Crippen molar-refractivity contribution in [1.82, 2.24) is 0 Å². The van der Waals surface area contributed by atoms with Crippen LogP contribution in [0.5, 0.6) is 0 Å². The first-order valence-electron chi connectivity index (χ1n) is 9.08. The first kappa shape index (κ1) is 20.5. The molecular weight excluding hydrogens is 342 g/mol. The van der Waals surface area contributed by atoms with E-state index in [1.165, 1.54) is 18.7 Å². The zero-order valence-electron chi connectivity index (χ0n) is 16.5. The number of carbonyl (C=O) groups is 2. The molecule has 5 heteroatoms. The number of furan rings is 1. The molecule has 0 unspecified atom stereocenters. The molecule has 1 N–H and O–H groups in total. The molecule has 0 saturated carbocycles. The molecular formula is C22H27NO4. The normalized spacial score (nSPS) is 11.4. The summed E-state index contributed by atoms with van der Waals surface area (Å²) in [6.07, 6.45) is 3.23. The Morgan fingerprint density at radius 3 is 2.30 bits per heavy atom.